The third-order valence-corrected chi connectivity index (χ3v) is 12.5. The lowest BCUT2D eigenvalue weighted by molar-refractivity contribution is 0.0460. The number of hydrogen-bond donors (Lipinski definition) is 0. The third kappa shape index (κ3) is 1.47. The predicted octanol–water partition coefficient (Wildman–Crippen LogP) is 5.14. The summed E-state index contributed by atoms with van der Waals surface area (Å²) in [6.07, 6.45) is 1.16. The lowest BCUT2D eigenvalue weighted by Gasteiger charge is -2.60. The van der Waals surface area contributed by atoms with Crippen molar-refractivity contribution in [2.24, 2.45) is 10.8 Å². The quantitative estimate of drug-likeness (QED) is 0.414. The van der Waals surface area contributed by atoms with E-state index < -0.39 is 6.69 Å². The highest BCUT2D eigenvalue weighted by Gasteiger charge is 2.62. The van der Waals surface area contributed by atoms with Gasteiger partial charge in [0.1, 0.15) is 0 Å². The zero-order valence-electron chi connectivity index (χ0n) is 10.2. The van der Waals surface area contributed by atoms with Crippen molar-refractivity contribution in [3.05, 3.63) is 0 Å². The maximum absolute atomic E-state index is 6.58. The summed E-state index contributed by atoms with van der Waals surface area (Å²) < 4.78 is 0. The molecule has 0 saturated carbocycles. The van der Waals surface area contributed by atoms with E-state index in [2.05, 4.69) is 41.5 Å². The Balaban J connectivity index is 3.20. The first-order chi connectivity index (χ1) is 5.96. The summed E-state index contributed by atoms with van der Waals surface area (Å²) in [5.74, 6) is 0. The van der Waals surface area contributed by atoms with Crippen LogP contribution in [-0.4, -0.2) is 6.69 Å². The molecule has 0 nitrogen and oxygen atoms in total. The molecule has 1 rings (SSSR count). The van der Waals surface area contributed by atoms with Gasteiger partial charge in [-0.2, -0.15) is 0 Å². The summed E-state index contributed by atoms with van der Waals surface area (Å²) in [6.45, 7) is 11.7. The molecule has 1 aliphatic heterocycles. The van der Waals surface area contributed by atoms with E-state index in [0.717, 1.165) is 12.5 Å². The Morgan fingerprint density at radius 3 is 1.71 bits per heavy atom. The third-order valence-electron chi connectivity index (χ3n) is 5.23. The first-order valence-corrected chi connectivity index (χ1v) is 9.57. The van der Waals surface area contributed by atoms with Crippen molar-refractivity contribution in [3.8, 4) is 0 Å². The Hall–Kier alpha value is 0.797. The second-order valence-electron chi connectivity index (χ2n) is 6.34. The summed E-state index contributed by atoms with van der Waals surface area (Å²) >= 11 is 13.2. The van der Waals surface area contributed by atoms with Crippen molar-refractivity contribution in [3.63, 3.8) is 0 Å². The molecule has 0 aromatic carbocycles. The Bertz CT molecular complexity index is 216. The van der Waals surface area contributed by atoms with Crippen LogP contribution >= 0.6 is 22.2 Å². The summed E-state index contributed by atoms with van der Waals surface area (Å²) in [7, 11) is 0. The molecule has 0 aromatic rings. The second kappa shape index (κ2) is 3.15. The minimum absolute atomic E-state index is 0.0743. The fourth-order valence-corrected chi connectivity index (χ4v) is 7.20. The average Bonchev–Trinajstić information content (AvgIpc) is 1.98. The van der Waals surface area contributed by atoms with Gasteiger partial charge in [0.25, 0.3) is 6.69 Å². The minimum Gasteiger partial charge on any atom is -0.145 e. The van der Waals surface area contributed by atoms with E-state index in [0.29, 0.717) is 5.41 Å². The van der Waals surface area contributed by atoms with Crippen LogP contribution in [0.3, 0.4) is 0 Å². The highest BCUT2D eigenvalue weighted by Crippen LogP contribution is 2.68. The maximum Gasteiger partial charge on any atom is 0.257 e. The average molecular weight is 253 g/mol. The maximum atomic E-state index is 6.58. The van der Waals surface area contributed by atoms with Crippen molar-refractivity contribution in [2.75, 3.05) is 0 Å². The summed E-state index contributed by atoms with van der Waals surface area (Å²) in [6, 6.07) is 1.03. The van der Waals surface area contributed by atoms with Crippen LogP contribution < -0.4 is 0 Å². The standard InChI is InChI=1S/C11H22Cl2Si/c1-9(2)7-8-14(12,13)11(5,6)10(9,3)4/h7-8H2,1-6H3. The first-order valence-electron chi connectivity index (χ1n) is 5.34. The van der Waals surface area contributed by atoms with Gasteiger partial charge in [0.15, 0.2) is 0 Å². The molecule has 0 radical (unpaired) electrons. The summed E-state index contributed by atoms with van der Waals surface area (Å²) in [5, 5.41) is 0.0743. The van der Waals surface area contributed by atoms with Crippen LogP contribution in [0.4, 0.5) is 0 Å². The molecule has 84 valence electrons. The number of halogens is 2. The van der Waals surface area contributed by atoms with Gasteiger partial charge >= 0.3 is 0 Å². The minimum atomic E-state index is -2.10. The lowest BCUT2D eigenvalue weighted by Crippen LogP contribution is -2.55. The van der Waals surface area contributed by atoms with Crippen LogP contribution in [0, 0.1) is 10.8 Å². The van der Waals surface area contributed by atoms with Crippen LogP contribution in [0.15, 0.2) is 0 Å². The zero-order valence-corrected chi connectivity index (χ0v) is 12.7. The number of hydrogen-bond acceptors (Lipinski definition) is 0. The molecule has 1 fully saturated rings. The van der Waals surface area contributed by atoms with Gasteiger partial charge in [-0.25, -0.2) is 0 Å². The van der Waals surface area contributed by atoms with Gasteiger partial charge in [0.05, 0.1) is 0 Å². The SMILES string of the molecule is CC1(C)CC[Si](Cl)(Cl)C(C)(C)C1(C)C. The molecule has 0 aliphatic carbocycles. The smallest absolute Gasteiger partial charge is 0.145 e. The van der Waals surface area contributed by atoms with E-state index in [1.165, 1.54) is 0 Å². The van der Waals surface area contributed by atoms with Gasteiger partial charge < -0.3 is 0 Å². The van der Waals surface area contributed by atoms with Gasteiger partial charge in [-0.15, -0.1) is 22.2 Å². The lowest BCUT2D eigenvalue weighted by atomic mass is 9.60. The van der Waals surface area contributed by atoms with Gasteiger partial charge in [0.2, 0.25) is 0 Å². The van der Waals surface area contributed by atoms with Crippen LogP contribution in [0.2, 0.25) is 11.1 Å². The Morgan fingerprint density at radius 1 is 0.929 bits per heavy atom. The van der Waals surface area contributed by atoms with Crippen LogP contribution in [0.5, 0.6) is 0 Å². The molecule has 3 heteroatoms. The van der Waals surface area contributed by atoms with E-state index >= 15 is 0 Å². The number of rotatable bonds is 0. The summed E-state index contributed by atoms with van der Waals surface area (Å²) in [5.41, 5.74) is 0.532. The van der Waals surface area contributed by atoms with Gasteiger partial charge in [-0.1, -0.05) is 41.5 Å². The van der Waals surface area contributed by atoms with E-state index in [4.69, 9.17) is 22.2 Å². The molecule has 0 spiro atoms. The van der Waals surface area contributed by atoms with Crippen LogP contribution in [0.25, 0.3) is 0 Å². The second-order valence-corrected chi connectivity index (χ2v) is 13.9. The van der Waals surface area contributed by atoms with Crippen molar-refractivity contribution < 1.29 is 0 Å². The van der Waals surface area contributed by atoms with Crippen molar-refractivity contribution in [1.82, 2.24) is 0 Å². The highest BCUT2D eigenvalue weighted by molar-refractivity contribution is 7.46. The summed E-state index contributed by atoms with van der Waals surface area (Å²) in [4.78, 5) is 0. The highest BCUT2D eigenvalue weighted by atomic mass is 35.7. The molecule has 1 saturated heterocycles. The molecule has 14 heavy (non-hydrogen) atoms. The van der Waals surface area contributed by atoms with Crippen molar-refractivity contribution in [2.45, 2.75) is 59.0 Å². The van der Waals surface area contributed by atoms with E-state index in [-0.39, 0.29) is 10.5 Å². The van der Waals surface area contributed by atoms with Crippen molar-refractivity contribution in [1.29, 1.82) is 0 Å². The molecule has 0 amide bonds. The van der Waals surface area contributed by atoms with E-state index in [1.807, 2.05) is 0 Å². The molecule has 0 bridgehead atoms. The van der Waals surface area contributed by atoms with Crippen LogP contribution in [0.1, 0.15) is 48.0 Å². The monoisotopic (exact) mass is 252 g/mol. The van der Waals surface area contributed by atoms with E-state index in [1.54, 1.807) is 0 Å². The van der Waals surface area contributed by atoms with Gasteiger partial charge in [0, 0.05) is 0 Å². The predicted molar refractivity (Wildman–Crippen MR) is 68.5 cm³/mol. The fourth-order valence-electron chi connectivity index (χ4n) is 2.40. The van der Waals surface area contributed by atoms with Crippen LogP contribution in [-0.2, 0) is 0 Å². The van der Waals surface area contributed by atoms with Gasteiger partial charge in [-0.3, -0.25) is 0 Å². The van der Waals surface area contributed by atoms with Crippen molar-refractivity contribution >= 4 is 28.9 Å². The Kier molecular flexibility index (Phi) is 2.89. The molecular formula is C11H22Cl2Si. The molecule has 1 heterocycles. The topological polar surface area (TPSA) is 0 Å². The Morgan fingerprint density at radius 2 is 1.36 bits per heavy atom. The molecular weight excluding hydrogens is 231 g/mol. The normalized spacial score (nSPS) is 32.6. The first kappa shape index (κ1) is 12.9. The molecule has 0 unspecified atom stereocenters. The van der Waals surface area contributed by atoms with Gasteiger partial charge in [-0.05, 0) is 28.3 Å². The zero-order chi connectivity index (χ0) is 11.4. The molecule has 1 aliphatic rings. The molecule has 0 aromatic heterocycles. The van der Waals surface area contributed by atoms with E-state index in [9.17, 15) is 0 Å². The fraction of sp³-hybridized carbons (Fsp3) is 1.00. The largest absolute Gasteiger partial charge is 0.257 e. The molecule has 0 N–H and O–H groups in total. The Labute approximate surface area is 98.8 Å². The molecule has 0 atom stereocenters.